The molecule has 116 valence electrons. The van der Waals surface area contributed by atoms with Gasteiger partial charge in [0.05, 0.1) is 0 Å². The molecule has 0 bridgehead atoms. The van der Waals surface area contributed by atoms with Gasteiger partial charge in [0.2, 0.25) is 0 Å². The molecule has 0 amide bonds. The Morgan fingerprint density at radius 2 is 1.65 bits per heavy atom. The Morgan fingerprint density at radius 1 is 1.05 bits per heavy atom. The van der Waals surface area contributed by atoms with E-state index < -0.39 is 0 Å². The van der Waals surface area contributed by atoms with Gasteiger partial charge in [0.1, 0.15) is 0 Å². The second kappa shape index (κ2) is 11.4. The second-order valence-electron chi connectivity index (χ2n) is 5.23. The minimum atomic E-state index is 0. The summed E-state index contributed by atoms with van der Waals surface area (Å²) in [7, 11) is 2.24. The molecule has 0 aliphatic carbocycles. The zero-order chi connectivity index (χ0) is 12.8. The van der Waals surface area contributed by atoms with E-state index in [4.69, 9.17) is 0 Å². The van der Waals surface area contributed by atoms with Crippen LogP contribution in [0.25, 0.3) is 0 Å². The molecular weight excluding hydrogens is 495 g/mol. The maximum absolute atomic E-state index is 2.58. The summed E-state index contributed by atoms with van der Waals surface area (Å²) in [6.45, 7) is 6.22. The van der Waals surface area contributed by atoms with Crippen molar-refractivity contribution in [1.29, 1.82) is 0 Å². The first kappa shape index (κ1) is 20.8. The van der Waals surface area contributed by atoms with Crippen LogP contribution in [0.3, 0.4) is 0 Å². The Labute approximate surface area is 158 Å². The van der Waals surface area contributed by atoms with Gasteiger partial charge in [-0.05, 0) is 79.7 Å². The van der Waals surface area contributed by atoms with E-state index in [1.807, 2.05) is 0 Å². The summed E-state index contributed by atoms with van der Waals surface area (Å²) in [5, 5.41) is 0. The molecule has 0 unspecified atom stereocenters. The number of likely N-dealkylation sites (N-methyl/N-ethyl adjacent to an activating group) is 1. The second-order valence-corrected chi connectivity index (χ2v) is 6.47. The van der Waals surface area contributed by atoms with Crippen molar-refractivity contribution in [1.82, 2.24) is 9.80 Å². The van der Waals surface area contributed by atoms with Crippen LogP contribution in [-0.4, -0.2) is 49.6 Å². The molecule has 1 saturated heterocycles. The van der Waals surface area contributed by atoms with Crippen molar-refractivity contribution in [2.45, 2.75) is 19.3 Å². The largest absolute Gasteiger partial charge is 0.305 e. The molecule has 5 heteroatoms. The molecule has 1 fully saturated rings. The molecule has 1 aromatic rings. The molecular formula is C15H25Br2IN2. The van der Waals surface area contributed by atoms with Crippen LogP contribution in [0, 0.1) is 3.57 Å². The zero-order valence-corrected chi connectivity index (χ0v) is 17.6. The van der Waals surface area contributed by atoms with Crippen molar-refractivity contribution in [2.24, 2.45) is 0 Å². The van der Waals surface area contributed by atoms with Crippen LogP contribution in [0.4, 0.5) is 0 Å². The van der Waals surface area contributed by atoms with E-state index >= 15 is 0 Å². The Balaban J connectivity index is 0.00000180. The molecule has 2 rings (SSSR count). The number of nitrogens with zero attached hydrogens (tertiary/aromatic N) is 2. The average molecular weight is 520 g/mol. The molecule has 1 heterocycles. The monoisotopic (exact) mass is 518 g/mol. The molecule has 0 atom stereocenters. The van der Waals surface area contributed by atoms with E-state index in [1.54, 1.807) is 0 Å². The molecule has 0 N–H and O–H groups in total. The van der Waals surface area contributed by atoms with Crippen molar-refractivity contribution in [2.75, 3.05) is 39.8 Å². The van der Waals surface area contributed by atoms with E-state index in [-0.39, 0.29) is 34.0 Å². The van der Waals surface area contributed by atoms with Crippen molar-refractivity contribution < 1.29 is 0 Å². The minimum absolute atomic E-state index is 0. The smallest absolute Gasteiger partial charge is 0.0130 e. The number of hydrogen-bond donors (Lipinski definition) is 0. The van der Waals surface area contributed by atoms with Crippen LogP contribution in [0.5, 0.6) is 0 Å². The lowest BCUT2D eigenvalue weighted by Gasteiger charge is -2.21. The number of rotatable bonds is 6. The highest BCUT2D eigenvalue weighted by Gasteiger charge is 2.11. The molecule has 2 nitrogen and oxygen atoms in total. The molecule has 1 aliphatic rings. The van der Waals surface area contributed by atoms with Crippen LogP contribution in [-0.2, 0) is 6.42 Å². The predicted molar refractivity (Wildman–Crippen MR) is 107 cm³/mol. The molecule has 0 aromatic heterocycles. The molecule has 0 spiro atoms. The van der Waals surface area contributed by atoms with Gasteiger partial charge in [0.15, 0.2) is 0 Å². The van der Waals surface area contributed by atoms with E-state index in [0.29, 0.717) is 0 Å². The fourth-order valence-electron chi connectivity index (χ4n) is 2.40. The topological polar surface area (TPSA) is 6.48 Å². The Hall–Kier alpha value is 0.830. The normalized spacial score (nSPS) is 14.9. The summed E-state index contributed by atoms with van der Waals surface area (Å²) in [5.41, 5.74) is 1.45. The van der Waals surface area contributed by atoms with E-state index in [1.165, 1.54) is 48.2 Å². The first-order valence-electron chi connectivity index (χ1n) is 6.89. The maximum Gasteiger partial charge on any atom is 0.0130 e. The molecule has 1 aromatic carbocycles. The third-order valence-corrected chi connectivity index (χ3v) is 4.41. The molecule has 0 saturated carbocycles. The standard InChI is InChI=1S/C15H23IN2.2BrH/c1-17(12-13-18-9-2-3-10-18)11-8-14-4-6-15(16)7-5-14;;/h4-7H,2-3,8-13H2,1H3;2*1H. The Morgan fingerprint density at radius 3 is 2.25 bits per heavy atom. The van der Waals surface area contributed by atoms with Crippen molar-refractivity contribution >= 4 is 56.6 Å². The highest BCUT2D eigenvalue weighted by Crippen LogP contribution is 2.08. The summed E-state index contributed by atoms with van der Waals surface area (Å²) >= 11 is 2.36. The van der Waals surface area contributed by atoms with Gasteiger partial charge in [-0.15, -0.1) is 34.0 Å². The summed E-state index contributed by atoms with van der Waals surface area (Å²) in [6.07, 6.45) is 3.95. The quantitative estimate of drug-likeness (QED) is 0.524. The number of halogens is 3. The van der Waals surface area contributed by atoms with E-state index in [0.717, 1.165) is 13.0 Å². The average Bonchev–Trinajstić information content (AvgIpc) is 2.89. The van der Waals surface area contributed by atoms with Gasteiger partial charge in [-0.25, -0.2) is 0 Å². The first-order valence-corrected chi connectivity index (χ1v) is 7.97. The molecule has 0 radical (unpaired) electrons. The highest BCUT2D eigenvalue weighted by atomic mass is 127. The lowest BCUT2D eigenvalue weighted by molar-refractivity contribution is 0.259. The van der Waals surface area contributed by atoms with Crippen LogP contribution < -0.4 is 0 Å². The third-order valence-electron chi connectivity index (χ3n) is 3.69. The van der Waals surface area contributed by atoms with Crippen LogP contribution in [0.1, 0.15) is 18.4 Å². The van der Waals surface area contributed by atoms with Gasteiger partial charge in [0.25, 0.3) is 0 Å². The van der Waals surface area contributed by atoms with Crippen LogP contribution in [0.15, 0.2) is 24.3 Å². The van der Waals surface area contributed by atoms with Crippen molar-refractivity contribution in [3.05, 3.63) is 33.4 Å². The molecule has 1 aliphatic heterocycles. The molecule has 20 heavy (non-hydrogen) atoms. The summed E-state index contributed by atoms with van der Waals surface area (Å²) in [4.78, 5) is 5.04. The van der Waals surface area contributed by atoms with Crippen LogP contribution >= 0.6 is 56.6 Å². The number of likely N-dealkylation sites (tertiary alicyclic amines) is 1. The highest BCUT2D eigenvalue weighted by molar-refractivity contribution is 14.1. The van der Waals surface area contributed by atoms with Crippen molar-refractivity contribution in [3.63, 3.8) is 0 Å². The number of hydrogen-bond acceptors (Lipinski definition) is 2. The minimum Gasteiger partial charge on any atom is -0.305 e. The third kappa shape index (κ3) is 7.73. The summed E-state index contributed by atoms with van der Waals surface area (Å²) < 4.78 is 1.32. The fourth-order valence-corrected chi connectivity index (χ4v) is 2.76. The van der Waals surface area contributed by atoms with Crippen molar-refractivity contribution in [3.8, 4) is 0 Å². The zero-order valence-electron chi connectivity index (χ0n) is 12.1. The van der Waals surface area contributed by atoms with Gasteiger partial charge in [0, 0.05) is 23.2 Å². The first-order chi connectivity index (χ1) is 8.74. The summed E-state index contributed by atoms with van der Waals surface area (Å²) in [6, 6.07) is 8.88. The Bertz CT molecular complexity index is 353. The van der Waals surface area contributed by atoms with Gasteiger partial charge < -0.3 is 9.80 Å². The fraction of sp³-hybridized carbons (Fsp3) is 0.600. The number of benzene rings is 1. The van der Waals surface area contributed by atoms with E-state index in [9.17, 15) is 0 Å². The maximum atomic E-state index is 2.58. The lowest BCUT2D eigenvalue weighted by atomic mass is 10.1. The van der Waals surface area contributed by atoms with Gasteiger partial charge in [-0.3, -0.25) is 0 Å². The SMILES string of the molecule is Br.Br.CN(CCc1ccc(I)cc1)CCN1CCCC1. The van der Waals surface area contributed by atoms with Crippen LogP contribution in [0.2, 0.25) is 0 Å². The summed E-state index contributed by atoms with van der Waals surface area (Å²) in [5.74, 6) is 0. The Kier molecular flexibility index (Phi) is 11.9. The predicted octanol–water partition coefficient (Wildman–Crippen LogP) is 4.02. The van der Waals surface area contributed by atoms with Gasteiger partial charge >= 0.3 is 0 Å². The van der Waals surface area contributed by atoms with Gasteiger partial charge in [-0.1, -0.05) is 12.1 Å². The van der Waals surface area contributed by atoms with E-state index in [2.05, 4.69) is 63.7 Å². The lowest BCUT2D eigenvalue weighted by Crippen LogP contribution is -2.32. The van der Waals surface area contributed by atoms with Gasteiger partial charge in [-0.2, -0.15) is 0 Å².